The molecule has 0 atom stereocenters. The van der Waals surface area contributed by atoms with Gasteiger partial charge in [0, 0.05) is 17.5 Å². The molecule has 0 spiro atoms. The van der Waals surface area contributed by atoms with Gasteiger partial charge in [-0.25, -0.2) is 17.9 Å². The molecule has 1 aromatic carbocycles. The minimum Gasteiger partial charge on any atom is -0.493 e. The summed E-state index contributed by atoms with van der Waals surface area (Å²) in [5, 5.41) is 11.3. The average molecular weight is 472 g/mol. The van der Waals surface area contributed by atoms with Crippen molar-refractivity contribution in [3.05, 3.63) is 49.7 Å². The first-order chi connectivity index (χ1) is 14.6. The van der Waals surface area contributed by atoms with E-state index in [9.17, 15) is 28.1 Å². The molecule has 2 rings (SSSR count). The zero-order chi connectivity index (χ0) is 23.2. The van der Waals surface area contributed by atoms with E-state index in [2.05, 4.69) is 4.72 Å². The molecule has 1 heterocycles. The number of nitrogens with zero attached hydrogens (tertiary/aromatic N) is 1. The van der Waals surface area contributed by atoms with Gasteiger partial charge < -0.3 is 14.2 Å². The van der Waals surface area contributed by atoms with Gasteiger partial charge in [-0.1, -0.05) is 0 Å². The van der Waals surface area contributed by atoms with Gasteiger partial charge in [-0.15, -0.1) is 11.3 Å². The first-order valence-electron chi connectivity index (χ1n) is 8.69. The minimum absolute atomic E-state index is 0.0679. The van der Waals surface area contributed by atoms with E-state index in [-0.39, 0.29) is 23.6 Å². The molecule has 0 radical (unpaired) electrons. The Balaban J connectivity index is 2.06. The van der Waals surface area contributed by atoms with Crippen LogP contribution < -0.4 is 14.2 Å². The Bertz CT molecular complexity index is 1090. The number of sulfonamides is 1. The molecule has 0 aliphatic rings. The molecule has 1 aromatic heterocycles. The van der Waals surface area contributed by atoms with E-state index in [1.165, 1.54) is 20.3 Å². The second kappa shape index (κ2) is 10.3. The zero-order valence-corrected chi connectivity index (χ0v) is 18.5. The lowest BCUT2D eigenvalue weighted by Crippen LogP contribution is -2.24. The van der Waals surface area contributed by atoms with Crippen LogP contribution in [0, 0.1) is 10.1 Å². The third-order valence-corrected chi connectivity index (χ3v) is 5.84. The molecule has 168 valence electrons. The summed E-state index contributed by atoms with van der Waals surface area (Å²) < 4.78 is 39.5. The molecule has 0 saturated heterocycles. The predicted molar refractivity (Wildman–Crippen MR) is 112 cm³/mol. The molecule has 0 fully saturated rings. The second-order valence-electron chi connectivity index (χ2n) is 6.16. The van der Waals surface area contributed by atoms with Crippen LogP contribution in [0.2, 0.25) is 0 Å². The number of nitrogens with one attached hydrogen (secondary N) is 1. The molecule has 0 amide bonds. The van der Waals surface area contributed by atoms with E-state index >= 15 is 0 Å². The Morgan fingerprint density at radius 2 is 1.81 bits per heavy atom. The Labute approximate surface area is 182 Å². The lowest BCUT2D eigenvalue weighted by Gasteiger charge is -2.10. The van der Waals surface area contributed by atoms with Crippen molar-refractivity contribution in [2.75, 3.05) is 33.6 Å². The van der Waals surface area contributed by atoms with Crippen molar-refractivity contribution in [2.45, 2.75) is 6.42 Å². The number of nitro benzene ring substituents is 1. The fourth-order valence-electron chi connectivity index (χ4n) is 2.48. The summed E-state index contributed by atoms with van der Waals surface area (Å²) in [6.07, 6.45) is 1.44. The average Bonchev–Trinajstić information content (AvgIpc) is 3.18. The van der Waals surface area contributed by atoms with Gasteiger partial charge in [0.05, 0.1) is 36.3 Å². The lowest BCUT2D eigenvalue weighted by molar-refractivity contribution is -0.385. The van der Waals surface area contributed by atoms with Gasteiger partial charge in [-0.05, 0) is 18.6 Å². The summed E-state index contributed by atoms with van der Waals surface area (Å²) in [7, 11) is -0.698. The molecule has 1 N–H and O–H groups in total. The third-order valence-electron chi connectivity index (χ3n) is 3.92. The highest BCUT2D eigenvalue weighted by Gasteiger charge is 2.26. The van der Waals surface area contributed by atoms with Crippen LogP contribution in [0.1, 0.15) is 24.9 Å². The quantitative estimate of drug-likeness (QED) is 0.223. The summed E-state index contributed by atoms with van der Waals surface area (Å²) in [6.45, 7) is -0.434. The molecule has 0 aliphatic heterocycles. The first kappa shape index (κ1) is 24.2. The molecule has 13 heteroatoms. The van der Waals surface area contributed by atoms with Crippen molar-refractivity contribution in [3.8, 4) is 11.5 Å². The molecule has 2 aromatic rings. The van der Waals surface area contributed by atoms with E-state index in [0.29, 0.717) is 11.3 Å². The third kappa shape index (κ3) is 6.73. The maximum atomic E-state index is 12.4. The maximum Gasteiger partial charge on any atom is 0.345 e. The van der Waals surface area contributed by atoms with Crippen LogP contribution in [0.3, 0.4) is 0 Å². The van der Waals surface area contributed by atoms with E-state index in [0.717, 1.165) is 34.6 Å². The largest absolute Gasteiger partial charge is 0.493 e. The molecule has 11 nitrogen and oxygen atoms in total. The van der Waals surface area contributed by atoms with Gasteiger partial charge in [0.15, 0.2) is 18.1 Å². The molecule has 0 unspecified atom stereocenters. The monoisotopic (exact) mass is 472 g/mol. The number of methoxy groups -OCH3 is 2. The number of thiophene rings is 1. The Morgan fingerprint density at radius 3 is 2.39 bits per heavy atom. The fraction of sp³-hybridized carbons (Fsp3) is 0.333. The van der Waals surface area contributed by atoms with Gasteiger partial charge in [-0.2, -0.15) is 0 Å². The highest BCUT2D eigenvalue weighted by molar-refractivity contribution is 7.88. The number of ether oxygens (including phenoxy) is 3. The number of hydrogen-bond acceptors (Lipinski definition) is 10. The molecular weight excluding hydrogens is 452 g/mol. The van der Waals surface area contributed by atoms with Crippen molar-refractivity contribution in [1.29, 1.82) is 0 Å². The Kier molecular flexibility index (Phi) is 8.08. The number of rotatable bonds is 11. The standard InChI is InChI=1S/C18H20N2O9S2/c1-27-15-8-12(13(20(23)24)9-16(15)28-2)18(22)29-10-14(21)17-5-4-11(30-17)6-7-19-31(3,25)26/h4-5,8-9,19H,6-7,10H2,1-3H3. The molecule has 31 heavy (non-hydrogen) atoms. The first-order valence-corrected chi connectivity index (χ1v) is 11.4. The number of benzene rings is 1. The minimum atomic E-state index is -3.30. The highest BCUT2D eigenvalue weighted by Crippen LogP contribution is 2.34. The lowest BCUT2D eigenvalue weighted by atomic mass is 10.1. The molecule has 0 aliphatic carbocycles. The Hall–Kier alpha value is -3.03. The van der Waals surface area contributed by atoms with E-state index < -0.39 is 39.0 Å². The fourth-order valence-corrected chi connectivity index (χ4v) is 3.89. The van der Waals surface area contributed by atoms with Gasteiger partial charge in [-0.3, -0.25) is 14.9 Å². The number of ketones is 1. The van der Waals surface area contributed by atoms with Crippen LogP contribution in [-0.2, 0) is 21.2 Å². The van der Waals surface area contributed by atoms with E-state index in [4.69, 9.17) is 14.2 Å². The van der Waals surface area contributed by atoms with Gasteiger partial charge in [0.2, 0.25) is 15.8 Å². The van der Waals surface area contributed by atoms with Crippen molar-refractivity contribution < 1.29 is 37.1 Å². The number of nitro groups is 1. The van der Waals surface area contributed by atoms with Crippen molar-refractivity contribution in [3.63, 3.8) is 0 Å². The summed E-state index contributed by atoms with van der Waals surface area (Å²) in [6, 6.07) is 5.35. The van der Waals surface area contributed by atoms with Gasteiger partial charge in [0.1, 0.15) is 5.56 Å². The summed E-state index contributed by atoms with van der Waals surface area (Å²) in [5.41, 5.74) is -0.930. The SMILES string of the molecule is COc1cc(C(=O)OCC(=O)c2ccc(CCNS(C)(=O)=O)s2)c([N+](=O)[O-])cc1OC. The van der Waals surface area contributed by atoms with Crippen LogP contribution in [0.5, 0.6) is 11.5 Å². The van der Waals surface area contributed by atoms with Crippen LogP contribution >= 0.6 is 11.3 Å². The van der Waals surface area contributed by atoms with Crippen LogP contribution in [-0.4, -0.2) is 58.7 Å². The van der Waals surface area contributed by atoms with E-state index in [1.54, 1.807) is 6.07 Å². The van der Waals surface area contributed by atoms with Crippen LogP contribution in [0.15, 0.2) is 24.3 Å². The number of esters is 1. The van der Waals surface area contributed by atoms with Gasteiger partial charge >= 0.3 is 5.97 Å². The van der Waals surface area contributed by atoms with Crippen LogP contribution in [0.25, 0.3) is 0 Å². The molecule has 0 saturated carbocycles. The van der Waals surface area contributed by atoms with E-state index in [1.807, 2.05) is 0 Å². The number of hydrogen-bond donors (Lipinski definition) is 1. The van der Waals surface area contributed by atoms with Crippen molar-refractivity contribution >= 4 is 38.8 Å². The zero-order valence-electron chi connectivity index (χ0n) is 16.9. The second-order valence-corrected chi connectivity index (χ2v) is 9.16. The van der Waals surface area contributed by atoms with Crippen LogP contribution in [0.4, 0.5) is 5.69 Å². The summed E-state index contributed by atoms with van der Waals surface area (Å²) in [4.78, 5) is 36.3. The molecular formula is C18H20N2O9S2. The molecule has 0 bridgehead atoms. The van der Waals surface area contributed by atoms with Crippen molar-refractivity contribution in [1.82, 2.24) is 4.72 Å². The topological polar surface area (TPSA) is 151 Å². The number of carbonyl (C=O) groups is 2. The normalized spacial score (nSPS) is 11.1. The summed E-state index contributed by atoms with van der Waals surface area (Å²) >= 11 is 1.14. The Morgan fingerprint density at radius 1 is 1.16 bits per heavy atom. The smallest absolute Gasteiger partial charge is 0.345 e. The predicted octanol–water partition coefficient (Wildman–Crippen LogP) is 1.80. The number of carbonyl (C=O) groups excluding carboxylic acids is 2. The highest BCUT2D eigenvalue weighted by atomic mass is 32.2. The van der Waals surface area contributed by atoms with Gasteiger partial charge in [0.25, 0.3) is 5.69 Å². The maximum absolute atomic E-state index is 12.4. The summed E-state index contributed by atoms with van der Waals surface area (Å²) in [5.74, 6) is -1.39. The van der Waals surface area contributed by atoms with Crippen molar-refractivity contribution in [2.24, 2.45) is 0 Å². The number of Topliss-reactive ketones (excluding diaryl/α,β-unsaturated/α-hetero) is 1.